The highest BCUT2D eigenvalue weighted by molar-refractivity contribution is 7.07. The van der Waals surface area contributed by atoms with E-state index in [-0.39, 0.29) is 12.2 Å². The largest absolute Gasteiger partial charge is 0.497 e. The molecule has 0 saturated carbocycles. The number of carbonyl (C=O) groups excluding carboxylic acids is 1. The van der Waals surface area contributed by atoms with Crippen LogP contribution in [0.15, 0.2) is 82.2 Å². The zero-order valence-corrected chi connectivity index (χ0v) is 20.6. The molecule has 8 heteroatoms. The molecule has 1 aliphatic heterocycles. The van der Waals surface area contributed by atoms with Crippen LogP contribution in [0.2, 0.25) is 0 Å². The topological polar surface area (TPSA) is 79.1 Å². The van der Waals surface area contributed by atoms with Crippen LogP contribution < -0.4 is 24.4 Å². The lowest BCUT2D eigenvalue weighted by Crippen LogP contribution is -2.39. The molecule has 7 nitrogen and oxygen atoms in total. The predicted octanol–water partition coefficient (Wildman–Crippen LogP) is 3.37. The lowest BCUT2D eigenvalue weighted by Gasteiger charge is -2.24. The van der Waals surface area contributed by atoms with E-state index in [1.807, 2.05) is 54.6 Å². The van der Waals surface area contributed by atoms with Crippen LogP contribution in [-0.2, 0) is 9.53 Å². The Bertz CT molecular complexity index is 1450. The van der Waals surface area contributed by atoms with Gasteiger partial charge in [-0.3, -0.25) is 9.36 Å². The molecule has 1 aromatic heterocycles. The summed E-state index contributed by atoms with van der Waals surface area (Å²) < 4.78 is 18.2. The van der Waals surface area contributed by atoms with Gasteiger partial charge in [0.05, 0.1) is 35.6 Å². The minimum absolute atomic E-state index is 0.221. The van der Waals surface area contributed by atoms with Crippen molar-refractivity contribution in [2.24, 2.45) is 4.99 Å². The molecular formula is C27H26N2O5S. The number of ether oxygens (including phenoxy) is 3. The highest BCUT2D eigenvalue weighted by Gasteiger charge is 2.33. The number of methoxy groups -OCH3 is 1. The lowest BCUT2D eigenvalue weighted by molar-refractivity contribution is -0.139. The first-order chi connectivity index (χ1) is 17.0. The molecule has 0 spiro atoms. The summed E-state index contributed by atoms with van der Waals surface area (Å²) in [6.45, 7) is 7.78. The molecule has 0 amide bonds. The van der Waals surface area contributed by atoms with Gasteiger partial charge in [-0.2, -0.15) is 0 Å². The molecule has 180 valence electrons. The van der Waals surface area contributed by atoms with Gasteiger partial charge in [-0.1, -0.05) is 48.3 Å². The average molecular weight is 491 g/mol. The van der Waals surface area contributed by atoms with Gasteiger partial charge in [0.2, 0.25) is 0 Å². The number of esters is 1. The summed E-state index contributed by atoms with van der Waals surface area (Å²) >= 11 is 1.29. The van der Waals surface area contributed by atoms with Crippen molar-refractivity contribution < 1.29 is 19.0 Å². The SMILES string of the molecule is C=CCOc1ccc(C2C(C(=O)OCC)=C(C)N=c3s/c(=C\c4ccc(OC)cc4)c(=O)n32)cc1. The van der Waals surface area contributed by atoms with Crippen LogP contribution >= 0.6 is 11.3 Å². The summed E-state index contributed by atoms with van der Waals surface area (Å²) in [6.07, 6.45) is 3.48. The maximum Gasteiger partial charge on any atom is 0.338 e. The molecule has 0 bridgehead atoms. The van der Waals surface area contributed by atoms with Crippen LogP contribution in [-0.4, -0.2) is 30.9 Å². The van der Waals surface area contributed by atoms with Gasteiger partial charge in [0, 0.05) is 0 Å². The van der Waals surface area contributed by atoms with Crippen molar-refractivity contribution in [3.63, 3.8) is 0 Å². The summed E-state index contributed by atoms with van der Waals surface area (Å²) in [5.41, 5.74) is 2.26. The molecule has 0 radical (unpaired) electrons. The summed E-state index contributed by atoms with van der Waals surface area (Å²) in [5.74, 6) is 0.910. The van der Waals surface area contributed by atoms with E-state index in [2.05, 4.69) is 11.6 Å². The Labute approximate surface area is 206 Å². The van der Waals surface area contributed by atoms with Crippen LogP contribution in [0, 0.1) is 0 Å². The van der Waals surface area contributed by atoms with E-state index in [9.17, 15) is 9.59 Å². The molecule has 0 fully saturated rings. The lowest BCUT2D eigenvalue weighted by atomic mass is 9.96. The number of rotatable bonds is 8. The molecule has 2 aromatic carbocycles. The van der Waals surface area contributed by atoms with E-state index in [0.29, 0.717) is 33.0 Å². The molecule has 4 rings (SSSR count). The highest BCUT2D eigenvalue weighted by Crippen LogP contribution is 2.31. The van der Waals surface area contributed by atoms with Gasteiger partial charge in [-0.05, 0) is 55.3 Å². The first-order valence-corrected chi connectivity index (χ1v) is 12.0. The minimum atomic E-state index is -0.670. The Hall–Kier alpha value is -3.91. The third kappa shape index (κ3) is 4.97. The van der Waals surface area contributed by atoms with E-state index < -0.39 is 12.0 Å². The molecule has 0 saturated heterocycles. The second-order valence-corrected chi connectivity index (χ2v) is 8.75. The quantitative estimate of drug-likeness (QED) is 0.357. The fourth-order valence-corrected chi connectivity index (χ4v) is 4.91. The van der Waals surface area contributed by atoms with Crippen LogP contribution in [0.5, 0.6) is 11.5 Å². The number of fused-ring (bicyclic) bond motifs is 1. The van der Waals surface area contributed by atoms with Gasteiger partial charge in [0.15, 0.2) is 4.80 Å². The van der Waals surface area contributed by atoms with Crippen molar-refractivity contribution >= 4 is 23.4 Å². The Morgan fingerprint density at radius 1 is 1.14 bits per heavy atom. The summed E-state index contributed by atoms with van der Waals surface area (Å²) in [6, 6.07) is 14.1. The second-order valence-electron chi connectivity index (χ2n) is 7.74. The number of allylic oxidation sites excluding steroid dienone is 1. The fraction of sp³-hybridized carbons (Fsp3) is 0.222. The number of hydrogen-bond acceptors (Lipinski definition) is 7. The van der Waals surface area contributed by atoms with E-state index in [4.69, 9.17) is 14.2 Å². The number of carbonyl (C=O) groups is 1. The molecule has 1 aliphatic rings. The first kappa shape index (κ1) is 24.2. The number of nitrogens with zero attached hydrogens (tertiary/aromatic N) is 2. The van der Waals surface area contributed by atoms with Gasteiger partial charge in [-0.25, -0.2) is 9.79 Å². The van der Waals surface area contributed by atoms with Gasteiger partial charge in [-0.15, -0.1) is 0 Å². The average Bonchev–Trinajstić information content (AvgIpc) is 3.17. The van der Waals surface area contributed by atoms with E-state index in [1.165, 1.54) is 11.3 Å². The summed E-state index contributed by atoms with van der Waals surface area (Å²) in [4.78, 5) is 31.7. The summed E-state index contributed by atoms with van der Waals surface area (Å²) in [7, 11) is 1.61. The van der Waals surface area contributed by atoms with Gasteiger partial charge in [0.25, 0.3) is 5.56 Å². The Morgan fingerprint density at radius 3 is 2.46 bits per heavy atom. The third-order valence-electron chi connectivity index (χ3n) is 5.49. The summed E-state index contributed by atoms with van der Waals surface area (Å²) in [5, 5.41) is 0. The van der Waals surface area contributed by atoms with Crippen molar-refractivity contribution in [1.29, 1.82) is 0 Å². The fourth-order valence-electron chi connectivity index (χ4n) is 3.86. The predicted molar refractivity (Wildman–Crippen MR) is 136 cm³/mol. The van der Waals surface area contributed by atoms with Gasteiger partial charge < -0.3 is 14.2 Å². The standard InChI is InChI=1S/C27H26N2O5S/c1-5-15-34-21-13-9-19(10-14-21)24-23(26(31)33-6-2)17(3)28-27-29(24)25(30)22(35-27)16-18-7-11-20(32-4)12-8-18/h5,7-14,16,24H,1,6,15H2,2-4H3/b22-16-. The van der Waals surface area contributed by atoms with Gasteiger partial charge >= 0.3 is 5.97 Å². The van der Waals surface area contributed by atoms with Crippen LogP contribution in [0.4, 0.5) is 0 Å². The smallest absolute Gasteiger partial charge is 0.338 e. The number of benzene rings is 2. The highest BCUT2D eigenvalue weighted by atomic mass is 32.1. The maximum absolute atomic E-state index is 13.6. The van der Waals surface area contributed by atoms with Crippen LogP contribution in [0.1, 0.15) is 31.0 Å². The molecule has 2 heterocycles. The van der Waals surface area contributed by atoms with E-state index in [0.717, 1.165) is 16.9 Å². The van der Waals surface area contributed by atoms with Crippen molar-refractivity contribution in [3.8, 4) is 11.5 Å². The molecule has 0 N–H and O–H groups in total. The number of hydrogen-bond donors (Lipinski definition) is 0. The zero-order valence-electron chi connectivity index (χ0n) is 19.8. The zero-order chi connectivity index (χ0) is 24.9. The molecule has 3 aromatic rings. The molecular weight excluding hydrogens is 464 g/mol. The van der Waals surface area contributed by atoms with E-state index >= 15 is 0 Å². The van der Waals surface area contributed by atoms with Gasteiger partial charge in [0.1, 0.15) is 18.1 Å². The van der Waals surface area contributed by atoms with Crippen molar-refractivity contribution in [1.82, 2.24) is 4.57 Å². The molecule has 1 unspecified atom stereocenters. The third-order valence-corrected chi connectivity index (χ3v) is 6.48. The normalized spacial score (nSPS) is 15.3. The monoisotopic (exact) mass is 490 g/mol. The number of thiazole rings is 1. The molecule has 0 aliphatic carbocycles. The Balaban J connectivity index is 1.86. The second kappa shape index (κ2) is 10.6. The van der Waals surface area contributed by atoms with Crippen molar-refractivity contribution in [2.45, 2.75) is 19.9 Å². The molecule has 35 heavy (non-hydrogen) atoms. The number of aromatic nitrogens is 1. The van der Waals surface area contributed by atoms with E-state index in [1.54, 1.807) is 31.6 Å². The van der Waals surface area contributed by atoms with Crippen molar-refractivity contribution in [3.05, 3.63) is 103 Å². The van der Waals surface area contributed by atoms with Crippen LogP contribution in [0.25, 0.3) is 6.08 Å². The van der Waals surface area contributed by atoms with Crippen LogP contribution in [0.3, 0.4) is 0 Å². The Morgan fingerprint density at radius 2 is 1.83 bits per heavy atom. The first-order valence-electron chi connectivity index (χ1n) is 11.1. The maximum atomic E-state index is 13.6. The minimum Gasteiger partial charge on any atom is -0.497 e. The molecule has 1 atom stereocenters. The Kier molecular flexibility index (Phi) is 7.31. The van der Waals surface area contributed by atoms with Crippen molar-refractivity contribution in [2.75, 3.05) is 20.3 Å².